The first kappa shape index (κ1) is 44.1. The van der Waals surface area contributed by atoms with Crippen LogP contribution in [0.25, 0.3) is 34.2 Å². The molecule has 0 saturated carbocycles. The van der Waals surface area contributed by atoms with Crippen LogP contribution in [0.4, 0.5) is 34.1 Å². The van der Waals surface area contributed by atoms with Gasteiger partial charge in [0.1, 0.15) is 0 Å². The Balaban J connectivity index is 1.33. The van der Waals surface area contributed by atoms with Crippen molar-refractivity contribution in [2.45, 2.75) is 105 Å². The summed E-state index contributed by atoms with van der Waals surface area (Å²) in [5.41, 5.74) is 18.5. The van der Waals surface area contributed by atoms with Crippen LogP contribution >= 0.6 is 0 Å². The molecule has 0 N–H and O–H groups in total. The number of fused-ring (bicyclic) bond motifs is 4. The Labute approximate surface area is 399 Å². The van der Waals surface area contributed by atoms with Crippen LogP contribution < -0.4 is 26.2 Å². The first-order valence-electron chi connectivity index (χ1n) is 23.9. The van der Waals surface area contributed by atoms with Crippen LogP contribution in [0.3, 0.4) is 0 Å². The maximum Gasteiger partial charge on any atom is 0.252 e. The van der Waals surface area contributed by atoms with Crippen molar-refractivity contribution in [1.29, 1.82) is 0 Å². The molecule has 5 nitrogen and oxygen atoms in total. The summed E-state index contributed by atoms with van der Waals surface area (Å²) in [7, 11) is 0. The summed E-state index contributed by atoms with van der Waals surface area (Å²) < 4.78 is 0. The highest BCUT2D eigenvalue weighted by Crippen LogP contribution is 2.48. The van der Waals surface area contributed by atoms with E-state index in [1.807, 2.05) is 36.4 Å². The molecule has 0 bridgehead atoms. The summed E-state index contributed by atoms with van der Waals surface area (Å²) in [4.78, 5) is 20.9. The Hall–Kier alpha value is -6.79. The highest BCUT2D eigenvalue weighted by atomic mass is 15.2. The molecule has 10 rings (SSSR count). The fourth-order valence-corrected chi connectivity index (χ4v) is 9.77. The molecule has 8 aromatic rings. The van der Waals surface area contributed by atoms with Gasteiger partial charge >= 0.3 is 0 Å². The van der Waals surface area contributed by atoms with E-state index < -0.39 is 0 Å². The third kappa shape index (κ3) is 8.05. The zero-order valence-corrected chi connectivity index (χ0v) is 41.3. The first-order chi connectivity index (χ1) is 31.7. The van der Waals surface area contributed by atoms with Gasteiger partial charge in [-0.05, 0) is 109 Å². The van der Waals surface area contributed by atoms with Gasteiger partial charge in [-0.3, -0.25) is 0 Å². The van der Waals surface area contributed by atoms with E-state index in [-0.39, 0.29) is 28.4 Å². The summed E-state index contributed by atoms with van der Waals surface area (Å²) in [6.45, 7) is 27.5. The molecule has 2 aliphatic rings. The molecule has 0 saturated heterocycles. The zero-order chi connectivity index (χ0) is 47.2. The fraction of sp³-hybridized carbons (Fsp3) is 0.262. The number of rotatable bonds is 5. The van der Waals surface area contributed by atoms with Gasteiger partial charge < -0.3 is 9.80 Å². The second-order valence-electron chi connectivity index (χ2n) is 22.7. The summed E-state index contributed by atoms with van der Waals surface area (Å²) in [6, 6.07) is 58.2. The number of hydrogen-bond acceptors (Lipinski definition) is 5. The van der Waals surface area contributed by atoms with Crippen LogP contribution in [0.15, 0.2) is 158 Å². The minimum absolute atomic E-state index is 0.00613. The van der Waals surface area contributed by atoms with E-state index >= 15 is 0 Å². The van der Waals surface area contributed by atoms with E-state index in [4.69, 9.17) is 15.0 Å². The van der Waals surface area contributed by atoms with Crippen LogP contribution in [0, 0.1) is 0 Å². The number of benzene rings is 7. The van der Waals surface area contributed by atoms with Crippen molar-refractivity contribution in [1.82, 2.24) is 15.0 Å². The summed E-state index contributed by atoms with van der Waals surface area (Å²) in [5.74, 6) is 1.90. The lowest BCUT2D eigenvalue weighted by molar-refractivity contribution is 0.590. The average Bonchev–Trinajstić information content (AvgIpc) is 3.30. The van der Waals surface area contributed by atoms with Gasteiger partial charge in [0.15, 0.2) is 17.5 Å². The largest absolute Gasteiger partial charge is 0.311 e. The molecule has 2 aliphatic heterocycles. The molecule has 0 amide bonds. The lowest BCUT2D eigenvalue weighted by atomic mass is 9.33. The molecule has 0 aliphatic carbocycles. The van der Waals surface area contributed by atoms with Crippen molar-refractivity contribution in [2.24, 2.45) is 0 Å². The van der Waals surface area contributed by atoms with E-state index in [9.17, 15) is 0 Å². The fourth-order valence-electron chi connectivity index (χ4n) is 9.77. The number of aromatic nitrogens is 3. The molecular formula is C61H62BN5. The van der Waals surface area contributed by atoms with Crippen LogP contribution in [0.5, 0.6) is 0 Å². The molecule has 0 spiro atoms. The molecule has 0 fully saturated rings. The Morgan fingerprint density at radius 2 is 0.657 bits per heavy atom. The van der Waals surface area contributed by atoms with Gasteiger partial charge in [0, 0.05) is 50.8 Å². The van der Waals surface area contributed by atoms with Crippen LogP contribution in [-0.4, -0.2) is 21.7 Å². The normalized spacial score (nSPS) is 13.6. The molecule has 6 heteroatoms. The van der Waals surface area contributed by atoms with Gasteiger partial charge in [-0.1, -0.05) is 192 Å². The Bertz CT molecular complexity index is 2940. The van der Waals surface area contributed by atoms with Crippen molar-refractivity contribution >= 4 is 57.2 Å². The van der Waals surface area contributed by atoms with Gasteiger partial charge in [-0.2, -0.15) is 0 Å². The topological polar surface area (TPSA) is 45.2 Å². The molecule has 1 aromatic heterocycles. The minimum Gasteiger partial charge on any atom is -0.311 e. The maximum atomic E-state index is 5.36. The third-order valence-corrected chi connectivity index (χ3v) is 13.7. The maximum absolute atomic E-state index is 5.36. The van der Waals surface area contributed by atoms with Crippen LogP contribution in [-0.2, 0) is 21.7 Å². The van der Waals surface area contributed by atoms with Crippen molar-refractivity contribution < 1.29 is 0 Å². The highest BCUT2D eigenvalue weighted by molar-refractivity contribution is 7.00. The molecule has 0 unspecified atom stereocenters. The highest BCUT2D eigenvalue weighted by Gasteiger charge is 2.44. The Morgan fingerprint density at radius 1 is 0.328 bits per heavy atom. The van der Waals surface area contributed by atoms with E-state index in [0.29, 0.717) is 17.5 Å². The van der Waals surface area contributed by atoms with Gasteiger partial charge in [0.2, 0.25) is 0 Å². The third-order valence-electron chi connectivity index (χ3n) is 13.7. The summed E-state index contributed by atoms with van der Waals surface area (Å²) >= 11 is 0. The molecule has 3 heterocycles. The van der Waals surface area contributed by atoms with Gasteiger partial charge in [0.05, 0.1) is 0 Å². The number of hydrogen-bond donors (Lipinski definition) is 0. The smallest absolute Gasteiger partial charge is 0.252 e. The van der Waals surface area contributed by atoms with E-state index in [1.54, 1.807) is 0 Å². The lowest BCUT2D eigenvalue weighted by Gasteiger charge is -2.45. The van der Waals surface area contributed by atoms with Gasteiger partial charge in [0.25, 0.3) is 6.71 Å². The SMILES string of the molecule is CC(C)(C)c1ccc(N2c3cc(C(C)(C)C)ccc3B3c4ccc(C(C)(C)C)cc4N(c4ccc(C(C)(C)C)cc4)c4cc(-c5nc(-c6ccccc6)nc(-c6ccccc6)n5)cc2c43)cc1. The zero-order valence-electron chi connectivity index (χ0n) is 41.3. The van der Waals surface area contributed by atoms with E-state index in [2.05, 4.69) is 214 Å². The summed E-state index contributed by atoms with van der Waals surface area (Å²) in [5, 5.41) is 0. The monoisotopic (exact) mass is 876 g/mol. The molecule has 0 atom stereocenters. The van der Waals surface area contributed by atoms with Crippen molar-refractivity contribution in [3.63, 3.8) is 0 Å². The molecule has 0 radical (unpaired) electrons. The van der Waals surface area contributed by atoms with Crippen molar-refractivity contribution in [3.8, 4) is 34.2 Å². The standard InChI is InChI=1S/C61H62BN5/c1-58(2,3)42-23-29-46(30-24-42)66-50-37-44(60(7,8)9)27-33-48(50)62-49-34-28-45(61(10,11)12)38-51(49)67(47-31-25-43(26-32-47)59(4,5)6)53-36-41(35-52(66)54(53)62)57-64-55(39-19-15-13-16-20-39)63-56(65-57)40-21-17-14-18-22-40/h13-38H,1-12H3. The van der Waals surface area contributed by atoms with Crippen molar-refractivity contribution in [2.75, 3.05) is 9.80 Å². The molecule has 334 valence electrons. The number of nitrogens with zero attached hydrogens (tertiary/aromatic N) is 5. The van der Waals surface area contributed by atoms with Crippen molar-refractivity contribution in [3.05, 3.63) is 180 Å². The Morgan fingerprint density at radius 3 is 1.00 bits per heavy atom. The molecule has 7 aromatic carbocycles. The second-order valence-corrected chi connectivity index (χ2v) is 22.7. The van der Waals surface area contributed by atoms with E-state index in [0.717, 1.165) is 39.4 Å². The van der Waals surface area contributed by atoms with Crippen LogP contribution in [0.1, 0.15) is 105 Å². The predicted molar refractivity (Wildman–Crippen MR) is 285 cm³/mol. The molecular weight excluding hydrogens is 814 g/mol. The summed E-state index contributed by atoms with van der Waals surface area (Å²) in [6.07, 6.45) is 0. The minimum atomic E-state index is -0.0707. The van der Waals surface area contributed by atoms with Crippen LogP contribution in [0.2, 0.25) is 0 Å². The second kappa shape index (κ2) is 15.9. The first-order valence-corrected chi connectivity index (χ1v) is 23.9. The van der Waals surface area contributed by atoms with E-state index in [1.165, 1.54) is 50.0 Å². The predicted octanol–water partition coefficient (Wildman–Crippen LogP) is 14.1. The van der Waals surface area contributed by atoms with Gasteiger partial charge in [-0.15, -0.1) is 0 Å². The quantitative estimate of drug-likeness (QED) is 0.161. The average molecular weight is 876 g/mol. The number of anilines is 6. The lowest BCUT2D eigenvalue weighted by Crippen LogP contribution is -2.61. The molecule has 67 heavy (non-hydrogen) atoms. The van der Waals surface area contributed by atoms with Gasteiger partial charge in [-0.25, -0.2) is 15.0 Å². The Kier molecular flexibility index (Phi) is 10.5.